The molecule has 0 aliphatic carbocycles. The number of fused-ring (bicyclic) bond motifs is 4. The Hall–Kier alpha value is -1.60. The highest BCUT2D eigenvalue weighted by Gasteiger charge is 2.37. The lowest BCUT2D eigenvalue weighted by atomic mass is 9.95. The van der Waals surface area contributed by atoms with Crippen molar-refractivity contribution in [1.29, 1.82) is 0 Å². The molecule has 3 heterocycles. The molecule has 0 N–H and O–H groups in total. The molecule has 2 bridgehead atoms. The second kappa shape index (κ2) is 7.33. The number of ether oxygens (including phenoxy) is 1. The van der Waals surface area contributed by atoms with Gasteiger partial charge in [-0.15, -0.1) is 0 Å². The normalized spacial score (nSPS) is 24.2. The van der Waals surface area contributed by atoms with Gasteiger partial charge < -0.3 is 9.64 Å². The second-order valence-electron chi connectivity index (χ2n) is 7.26. The summed E-state index contributed by atoms with van der Waals surface area (Å²) in [6.07, 6.45) is 3.18. The SMILES string of the molecule is COc1ccc(CN2C[C@@H]3CC[C@H](C2)N(C(=O)CS(C)(=O)=O)C3)cc1. The van der Waals surface area contributed by atoms with Crippen LogP contribution in [0, 0.1) is 5.92 Å². The minimum Gasteiger partial charge on any atom is -0.497 e. The first-order valence-corrected chi connectivity index (χ1v) is 10.7. The monoisotopic (exact) mass is 366 g/mol. The highest BCUT2D eigenvalue weighted by Crippen LogP contribution is 2.29. The average Bonchev–Trinajstić information content (AvgIpc) is 2.84. The molecular formula is C18H26N2O4S. The first kappa shape index (κ1) is 18.2. The van der Waals surface area contributed by atoms with Crippen LogP contribution in [0.3, 0.4) is 0 Å². The van der Waals surface area contributed by atoms with Crippen molar-refractivity contribution in [2.24, 2.45) is 5.92 Å². The third-order valence-electron chi connectivity index (χ3n) is 5.06. The van der Waals surface area contributed by atoms with Crippen LogP contribution in [-0.4, -0.2) is 68.9 Å². The molecule has 0 unspecified atom stereocenters. The number of amides is 1. The summed E-state index contributed by atoms with van der Waals surface area (Å²) in [7, 11) is -1.63. The maximum absolute atomic E-state index is 12.4. The lowest BCUT2D eigenvalue weighted by Crippen LogP contribution is -2.49. The second-order valence-corrected chi connectivity index (χ2v) is 9.40. The molecule has 0 spiro atoms. The number of carbonyl (C=O) groups is 1. The number of hydrogen-bond donors (Lipinski definition) is 0. The lowest BCUT2D eigenvalue weighted by molar-refractivity contribution is -0.132. The summed E-state index contributed by atoms with van der Waals surface area (Å²) in [4.78, 5) is 16.6. The molecule has 0 saturated carbocycles. The fourth-order valence-electron chi connectivity index (χ4n) is 3.91. The van der Waals surface area contributed by atoms with Crippen molar-refractivity contribution in [3.05, 3.63) is 29.8 Å². The quantitative estimate of drug-likeness (QED) is 0.782. The van der Waals surface area contributed by atoms with Crippen LogP contribution in [0.2, 0.25) is 0 Å². The Morgan fingerprint density at radius 3 is 2.52 bits per heavy atom. The van der Waals surface area contributed by atoms with Gasteiger partial charge in [0, 0.05) is 38.5 Å². The molecule has 3 aliphatic rings. The Morgan fingerprint density at radius 1 is 1.16 bits per heavy atom. The molecule has 7 heteroatoms. The van der Waals surface area contributed by atoms with E-state index in [-0.39, 0.29) is 17.7 Å². The van der Waals surface area contributed by atoms with Crippen LogP contribution in [0.5, 0.6) is 5.75 Å². The molecule has 1 aromatic carbocycles. The highest BCUT2D eigenvalue weighted by molar-refractivity contribution is 7.91. The molecule has 25 heavy (non-hydrogen) atoms. The third kappa shape index (κ3) is 4.73. The van der Waals surface area contributed by atoms with Gasteiger partial charge in [-0.1, -0.05) is 12.1 Å². The van der Waals surface area contributed by atoms with Gasteiger partial charge >= 0.3 is 0 Å². The Balaban J connectivity index is 1.67. The minimum absolute atomic E-state index is 0.117. The van der Waals surface area contributed by atoms with Crippen LogP contribution in [0.15, 0.2) is 24.3 Å². The van der Waals surface area contributed by atoms with E-state index >= 15 is 0 Å². The molecule has 1 aromatic rings. The number of nitrogens with zero attached hydrogens (tertiary/aromatic N) is 2. The molecule has 4 rings (SSSR count). The van der Waals surface area contributed by atoms with Crippen LogP contribution in [-0.2, 0) is 21.2 Å². The van der Waals surface area contributed by atoms with Crippen molar-refractivity contribution in [1.82, 2.24) is 9.80 Å². The van der Waals surface area contributed by atoms with Gasteiger partial charge in [0.1, 0.15) is 11.5 Å². The molecule has 3 fully saturated rings. The summed E-state index contributed by atoms with van der Waals surface area (Å²) in [6.45, 7) is 3.27. The predicted molar refractivity (Wildman–Crippen MR) is 96.2 cm³/mol. The zero-order chi connectivity index (χ0) is 18.0. The van der Waals surface area contributed by atoms with E-state index in [0.29, 0.717) is 12.5 Å². The number of sulfone groups is 1. The molecule has 1 amide bonds. The zero-order valence-corrected chi connectivity index (χ0v) is 15.7. The Morgan fingerprint density at radius 2 is 1.88 bits per heavy atom. The zero-order valence-electron chi connectivity index (χ0n) is 14.8. The van der Waals surface area contributed by atoms with E-state index in [1.165, 1.54) is 5.56 Å². The summed E-state index contributed by atoms with van der Waals surface area (Å²) in [5.41, 5.74) is 1.22. The molecule has 0 radical (unpaired) electrons. The van der Waals surface area contributed by atoms with Crippen LogP contribution >= 0.6 is 0 Å². The van der Waals surface area contributed by atoms with Gasteiger partial charge in [0.25, 0.3) is 0 Å². The third-order valence-corrected chi connectivity index (χ3v) is 5.83. The molecule has 6 nitrogen and oxygen atoms in total. The van der Waals surface area contributed by atoms with Gasteiger partial charge in [-0.25, -0.2) is 8.42 Å². The maximum atomic E-state index is 12.4. The molecule has 138 valence electrons. The van der Waals surface area contributed by atoms with Gasteiger partial charge in [-0.3, -0.25) is 9.69 Å². The molecule has 0 aromatic heterocycles. The Labute approximate surface area is 149 Å². The number of piperidine rings is 1. The van der Waals surface area contributed by atoms with E-state index in [0.717, 1.165) is 44.5 Å². The average molecular weight is 366 g/mol. The maximum Gasteiger partial charge on any atom is 0.238 e. The van der Waals surface area contributed by atoms with Gasteiger partial charge in [0.2, 0.25) is 5.91 Å². The number of rotatable bonds is 5. The highest BCUT2D eigenvalue weighted by atomic mass is 32.2. The van der Waals surface area contributed by atoms with Crippen LogP contribution in [0.4, 0.5) is 0 Å². The summed E-state index contributed by atoms with van der Waals surface area (Å²) in [5, 5.41) is 0. The van der Waals surface area contributed by atoms with Crippen LogP contribution in [0.25, 0.3) is 0 Å². The van der Waals surface area contributed by atoms with E-state index in [9.17, 15) is 13.2 Å². The first-order valence-electron chi connectivity index (χ1n) is 8.66. The van der Waals surface area contributed by atoms with Gasteiger partial charge in [0.05, 0.1) is 7.11 Å². The number of carbonyl (C=O) groups excluding carboxylic acids is 1. The topological polar surface area (TPSA) is 66.9 Å². The van der Waals surface area contributed by atoms with Crippen molar-refractivity contribution in [2.45, 2.75) is 25.4 Å². The van der Waals surface area contributed by atoms with Crippen molar-refractivity contribution in [2.75, 3.05) is 38.8 Å². The van der Waals surface area contributed by atoms with Gasteiger partial charge in [0.15, 0.2) is 9.84 Å². The van der Waals surface area contributed by atoms with Crippen LogP contribution in [0.1, 0.15) is 18.4 Å². The summed E-state index contributed by atoms with van der Waals surface area (Å²) in [6, 6.07) is 8.18. The fourth-order valence-corrected chi connectivity index (χ4v) is 4.52. The first-order chi connectivity index (χ1) is 11.8. The van der Waals surface area contributed by atoms with E-state index in [2.05, 4.69) is 17.0 Å². The Kier molecular flexibility index (Phi) is 5.34. The smallest absolute Gasteiger partial charge is 0.238 e. The van der Waals surface area contributed by atoms with E-state index in [4.69, 9.17) is 4.74 Å². The van der Waals surface area contributed by atoms with E-state index in [1.807, 2.05) is 17.0 Å². The van der Waals surface area contributed by atoms with E-state index < -0.39 is 9.84 Å². The number of hydrogen-bond acceptors (Lipinski definition) is 5. The standard InChI is InChI=1S/C18H26N2O4S/c1-24-17-7-4-14(5-8-17)9-19-10-15-3-6-16(12-19)20(11-15)18(21)13-25(2,22)23/h4-5,7-8,15-16H,3,6,9-13H2,1-2H3/t15-,16+/m0/s1. The van der Waals surface area contributed by atoms with E-state index in [1.54, 1.807) is 7.11 Å². The minimum atomic E-state index is -3.29. The largest absolute Gasteiger partial charge is 0.497 e. The van der Waals surface area contributed by atoms with Crippen molar-refractivity contribution < 1.29 is 17.9 Å². The fraction of sp³-hybridized carbons (Fsp3) is 0.611. The predicted octanol–water partition coefficient (Wildman–Crippen LogP) is 1.16. The number of benzene rings is 1. The van der Waals surface area contributed by atoms with Crippen molar-refractivity contribution in [3.8, 4) is 5.75 Å². The van der Waals surface area contributed by atoms with Crippen LogP contribution < -0.4 is 4.74 Å². The summed E-state index contributed by atoms with van der Waals surface area (Å²) < 4.78 is 28.1. The Bertz CT molecular complexity index is 717. The number of methoxy groups -OCH3 is 1. The van der Waals surface area contributed by atoms with Crippen molar-refractivity contribution >= 4 is 15.7 Å². The van der Waals surface area contributed by atoms with Crippen molar-refractivity contribution in [3.63, 3.8) is 0 Å². The van der Waals surface area contributed by atoms with Gasteiger partial charge in [-0.2, -0.15) is 0 Å². The summed E-state index contributed by atoms with van der Waals surface area (Å²) >= 11 is 0. The summed E-state index contributed by atoms with van der Waals surface area (Å²) in [5.74, 6) is 0.635. The molecule has 3 aliphatic heterocycles. The molecular weight excluding hydrogens is 340 g/mol. The molecule has 2 atom stereocenters. The van der Waals surface area contributed by atoms with Gasteiger partial charge in [-0.05, 0) is 36.5 Å². The lowest BCUT2D eigenvalue weighted by Gasteiger charge is -2.36. The molecule has 3 saturated heterocycles.